The number of rotatable bonds is 1. The van der Waals surface area contributed by atoms with Gasteiger partial charge in [0.1, 0.15) is 0 Å². The normalized spacial score (nSPS) is 14.2. The molecule has 1 unspecified atom stereocenters. The van der Waals surface area contributed by atoms with Crippen LogP contribution < -0.4 is 0 Å². The second-order valence-electron chi connectivity index (χ2n) is 4.33. The van der Waals surface area contributed by atoms with Crippen LogP contribution in [0.2, 0.25) is 0 Å². The Bertz CT molecular complexity index is 697. The van der Waals surface area contributed by atoms with Crippen LogP contribution in [-0.2, 0) is 12.6 Å². The van der Waals surface area contributed by atoms with E-state index in [1.54, 1.807) is 24.3 Å². The van der Waals surface area contributed by atoms with Crippen molar-refractivity contribution >= 4 is 15.9 Å². The number of hydrogen-bond donors (Lipinski definition) is 1. The summed E-state index contributed by atoms with van der Waals surface area (Å²) in [5.41, 5.74) is -2.96. The Labute approximate surface area is 127 Å². The van der Waals surface area contributed by atoms with Crippen LogP contribution in [-0.4, -0.2) is 20.8 Å². The van der Waals surface area contributed by atoms with Crippen molar-refractivity contribution in [2.24, 2.45) is 7.05 Å². The summed E-state index contributed by atoms with van der Waals surface area (Å²) in [4.78, 5) is 3.56. The third-order valence-electron chi connectivity index (χ3n) is 2.79. The Morgan fingerprint density at radius 3 is 2.33 bits per heavy atom. The molecule has 0 aliphatic carbocycles. The van der Waals surface area contributed by atoms with E-state index in [0.29, 0.717) is 5.56 Å². The lowest BCUT2D eigenvalue weighted by Crippen LogP contribution is -2.43. The predicted octanol–water partition coefficient (Wildman–Crippen LogP) is 2.98. The van der Waals surface area contributed by atoms with E-state index in [-0.39, 0.29) is 0 Å². The van der Waals surface area contributed by atoms with Gasteiger partial charge in [0.15, 0.2) is 5.82 Å². The maximum Gasteiger partial charge on any atom is 0.436 e. The molecule has 0 amide bonds. The number of aromatic nitrogens is 2. The van der Waals surface area contributed by atoms with Crippen molar-refractivity contribution in [3.05, 3.63) is 52.5 Å². The number of halogens is 4. The van der Waals surface area contributed by atoms with Crippen molar-refractivity contribution in [3.8, 4) is 11.8 Å². The van der Waals surface area contributed by atoms with E-state index in [1.165, 1.54) is 19.4 Å². The van der Waals surface area contributed by atoms with Gasteiger partial charge in [-0.25, -0.2) is 4.98 Å². The number of aliphatic hydroxyl groups is 1. The minimum Gasteiger partial charge on any atom is -0.364 e. The van der Waals surface area contributed by atoms with E-state index in [2.05, 4.69) is 26.8 Å². The van der Waals surface area contributed by atoms with E-state index >= 15 is 0 Å². The summed E-state index contributed by atoms with van der Waals surface area (Å²) in [7, 11) is 1.36. The standard InChI is InChI=1S/C14H10BrF3N2O/c1-20-9-8-19-12(20)13(21,14(16,17)18)7-6-10-2-4-11(15)5-3-10/h2-5,8-9,21H,1H3. The first-order valence-corrected chi connectivity index (χ1v) is 6.59. The summed E-state index contributed by atoms with van der Waals surface area (Å²) < 4.78 is 41.5. The molecule has 1 aromatic heterocycles. The number of benzene rings is 1. The molecular weight excluding hydrogens is 349 g/mol. The van der Waals surface area contributed by atoms with Gasteiger partial charge in [0.25, 0.3) is 5.60 Å². The van der Waals surface area contributed by atoms with Crippen molar-refractivity contribution in [1.82, 2.24) is 9.55 Å². The zero-order valence-electron chi connectivity index (χ0n) is 10.8. The highest BCUT2D eigenvalue weighted by Gasteiger charge is 2.57. The van der Waals surface area contributed by atoms with Gasteiger partial charge in [-0.15, -0.1) is 0 Å². The Morgan fingerprint density at radius 2 is 1.86 bits per heavy atom. The zero-order valence-corrected chi connectivity index (χ0v) is 12.4. The fraction of sp³-hybridized carbons (Fsp3) is 0.214. The monoisotopic (exact) mass is 358 g/mol. The Hall–Kier alpha value is -1.78. The van der Waals surface area contributed by atoms with Crippen molar-refractivity contribution in [3.63, 3.8) is 0 Å². The van der Waals surface area contributed by atoms with Gasteiger partial charge in [-0.3, -0.25) is 0 Å². The smallest absolute Gasteiger partial charge is 0.364 e. The topological polar surface area (TPSA) is 38.0 Å². The van der Waals surface area contributed by atoms with Crippen LogP contribution in [0.15, 0.2) is 41.1 Å². The molecule has 110 valence electrons. The van der Waals surface area contributed by atoms with E-state index in [1.807, 2.05) is 5.92 Å². The van der Waals surface area contributed by atoms with Gasteiger partial charge in [-0.2, -0.15) is 13.2 Å². The van der Waals surface area contributed by atoms with Crippen LogP contribution in [0.3, 0.4) is 0 Å². The molecule has 1 atom stereocenters. The second kappa shape index (κ2) is 5.54. The van der Waals surface area contributed by atoms with E-state index in [9.17, 15) is 18.3 Å². The highest BCUT2D eigenvalue weighted by atomic mass is 79.9. The van der Waals surface area contributed by atoms with Crippen LogP contribution >= 0.6 is 15.9 Å². The van der Waals surface area contributed by atoms with Crippen molar-refractivity contribution in [2.75, 3.05) is 0 Å². The SMILES string of the molecule is Cn1ccnc1C(O)(C#Cc1ccc(Br)cc1)C(F)(F)F. The molecule has 2 aromatic rings. The lowest BCUT2D eigenvalue weighted by Gasteiger charge is -2.24. The van der Waals surface area contributed by atoms with Gasteiger partial charge in [-0.1, -0.05) is 21.9 Å². The molecule has 7 heteroatoms. The largest absolute Gasteiger partial charge is 0.436 e. The molecular formula is C14H10BrF3N2O. The zero-order chi connectivity index (χ0) is 15.7. The van der Waals surface area contributed by atoms with Crippen LogP contribution in [0.4, 0.5) is 13.2 Å². The summed E-state index contributed by atoms with van der Waals surface area (Å²) in [6, 6.07) is 6.40. The molecule has 3 nitrogen and oxygen atoms in total. The van der Waals surface area contributed by atoms with E-state index < -0.39 is 17.6 Å². The summed E-state index contributed by atoms with van der Waals surface area (Å²) in [5.74, 6) is 3.67. The fourth-order valence-electron chi connectivity index (χ4n) is 1.66. The minimum atomic E-state index is -4.96. The number of nitrogens with zero attached hydrogens (tertiary/aromatic N) is 2. The van der Waals surface area contributed by atoms with Crippen LogP contribution in [0, 0.1) is 11.8 Å². The summed E-state index contributed by atoms with van der Waals surface area (Å²) in [6.07, 6.45) is -2.48. The first-order chi connectivity index (χ1) is 9.74. The number of alkyl halides is 3. The lowest BCUT2D eigenvalue weighted by molar-refractivity contribution is -0.244. The molecule has 0 saturated heterocycles. The van der Waals surface area contributed by atoms with Gasteiger partial charge < -0.3 is 9.67 Å². The van der Waals surface area contributed by atoms with Crippen LogP contribution in [0.1, 0.15) is 11.4 Å². The highest BCUT2D eigenvalue weighted by molar-refractivity contribution is 9.10. The molecule has 1 aromatic carbocycles. The minimum absolute atomic E-state index is 0.357. The maximum atomic E-state index is 13.2. The van der Waals surface area contributed by atoms with Gasteiger partial charge in [0.2, 0.25) is 0 Å². The fourth-order valence-corrected chi connectivity index (χ4v) is 1.93. The van der Waals surface area contributed by atoms with Crippen molar-refractivity contribution in [1.29, 1.82) is 0 Å². The van der Waals surface area contributed by atoms with Gasteiger partial charge in [0, 0.05) is 29.5 Å². The first-order valence-electron chi connectivity index (χ1n) is 5.80. The Balaban J connectivity index is 2.49. The molecule has 1 N–H and O–H groups in total. The quantitative estimate of drug-likeness (QED) is 0.796. The second-order valence-corrected chi connectivity index (χ2v) is 5.24. The third-order valence-corrected chi connectivity index (χ3v) is 3.32. The molecule has 0 aliphatic heterocycles. The van der Waals surface area contributed by atoms with Crippen molar-refractivity contribution in [2.45, 2.75) is 11.8 Å². The number of imidazole rings is 1. The maximum absolute atomic E-state index is 13.2. The molecule has 0 bridgehead atoms. The molecule has 0 radical (unpaired) electrons. The molecule has 0 fully saturated rings. The first kappa shape index (κ1) is 15.6. The average molecular weight is 359 g/mol. The average Bonchev–Trinajstić information content (AvgIpc) is 2.83. The third kappa shape index (κ3) is 3.12. The number of hydrogen-bond acceptors (Lipinski definition) is 2. The van der Waals surface area contributed by atoms with E-state index in [0.717, 1.165) is 9.04 Å². The summed E-state index contributed by atoms with van der Waals surface area (Å²) >= 11 is 3.22. The summed E-state index contributed by atoms with van der Waals surface area (Å²) in [5, 5.41) is 10.0. The summed E-state index contributed by atoms with van der Waals surface area (Å²) in [6.45, 7) is 0. The molecule has 0 aliphatic rings. The van der Waals surface area contributed by atoms with E-state index in [4.69, 9.17) is 0 Å². The van der Waals surface area contributed by atoms with Gasteiger partial charge >= 0.3 is 6.18 Å². The predicted molar refractivity (Wildman–Crippen MR) is 74.2 cm³/mol. The molecule has 0 saturated carbocycles. The van der Waals surface area contributed by atoms with Gasteiger partial charge in [0.05, 0.1) is 0 Å². The molecule has 1 heterocycles. The molecule has 2 rings (SSSR count). The van der Waals surface area contributed by atoms with Crippen molar-refractivity contribution < 1.29 is 18.3 Å². The van der Waals surface area contributed by atoms with Crippen LogP contribution in [0.25, 0.3) is 0 Å². The molecule has 21 heavy (non-hydrogen) atoms. The van der Waals surface area contributed by atoms with Crippen LogP contribution in [0.5, 0.6) is 0 Å². The molecule has 0 spiro atoms. The Morgan fingerprint density at radius 1 is 1.24 bits per heavy atom. The highest BCUT2D eigenvalue weighted by Crippen LogP contribution is 2.37. The Kier molecular flexibility index (Phi) is 4.12. The number of aryl methyl sites for hydroxylation is 1. The lowest BCUT2D eigenvalue weighted by atomic mass is 10.0. The van der Waals surface area contributed by atoms with Gasteiger partial charge in [-0.05, 0) is 30.2 Å².